The maximum absolute atomic E-state index is 11.5. The molecule has 0 aliphatic heterocycles. The van der Waals surface area contributed by atoms with Crippen molar-refractivity contribution in [1.82, 2.24) is 0 Å². The Morgan fingerprint density at radius 2 is 0.778 bits per heavy atom. The topological polar surface area (TPSA) is 94.6 Å². The molecule has 0 radical (unpaired) electrons. The minimum absolute atomic E-state index is 0.0300. The van der Waals surface area contributed by atoms with Crippen molar-refractivity contribution in [2.75, 3.05) is 0 Å². The average molecular weight is 376 g/mol. The Morgan fingerprint density at radius 3 is 1.00 bits per heavy atom. The van der Waals surface area contributed by atoms with Crippen LogP contribution in [-0.4, -0.2) is 0 Å². The van der Waals surface area contributed by atoms with Crippen molar-refractivity contribution in [1.29, 1.82) is 0 Å². The summed E-state index contributed by atoms with van der Waals surface area (Å²) >= 11 is 6.05. The van der Waals surface area contributed by atoms with Gasteiger partial charge in [0.2, 0.25) is 0 Å². The molecule has 0 aliphatic carbocycles. The van der Waals surface area contributed by atoms with Crippen molar-refractivity contribution in [3.63, 3.8) is 0 Å². The zero-order valence-electron chi connectivity index (χ0n) is 8.21. The van der Waals surface area contributed by atoms with Crippen LogP contribution in [0.2, 0.25) is 0 Å². The van der Waals surface area contributed by atoms with Gasteiger partial charge in [-0.1, -0.05) is 0 Å². The van der Waals surface area contributed by atoms with Crippen LogP contribution in [-0.2, 0) is 0 Å². The van der Waals surface area contributed by atoms with Gasteiger partial charge in [0.25, 0.3) is 0 Å². The van der Waals surface area contributed by atoms with Crippen LogP contribution < -0.4 is 22.5 Å². The maximum atomic E-state index is 11.5. The highest BCUT2D eigenvalue weighted by molar-refractivity contribution is 9.11. The molecule has 0 amide bonds. The largest absolute Gasteiger partial charge is 0.386 e. The average Bonchev–Trinajstić information content (AvgIpc) is 2.73. The second kappa shape index (κ2) is 3.48. The lowest BCUT2D eigenvalue weighted by Gasteiger charge is -1.96. The molecular weight excluding hydrogens is 376 g/mol. The fraction of sp³-hybridized carbons (Fsp3) is 0. The molecule has 6 nitrogen and oxygen atoms in total. The van der Waals surface area contributed by atoms with E-state index in [0.29, 0.717) is 0 Å². The molecule has 0 saturated carbocycles. The fourth-order valence-electron chi connectivity index (χ4n) is 1.83. The van der Waals surface area contributed by atoms with E-state index in [-0.39, 0.29) is 30.5 Å². The van der Waals surface area contributed by atoms with E-state index in [1.165, 1.54) is 0 Å². The van der Waals surface area contributed by atoms with E-state index in [4.69, 9.17) is 0 Å². The lowest BCUT2D eigenvalue weighted by atomic mass is 10.1. The summed E-state index contributed by atoms with van der Waals surface area (Å²) < 4.78 is 8.94. The van der Waals surface area contributed by atoms with Crippen LogP contribution in [0.1, 0.15) is 0 Å². The maximum Gasteiger partial charge on any atom is 0.348 e. The molecule has 0 bridgehead atoms. The molecule has 18 heavy (non-hydrogen) atoms. The van der Waals surface area contributed by atoms with Gasteiger partial charge in [0.15, 0.2) is 0 Å². The predicted molar refractivity (Wildman–Crippen MR) is 68.8 cm³/mol. The first-order chi connectivity index (χ1) is 8.43. The fourth-order valence-corrected chi connectivity index (χ4v) is 3.27. The molecule has 2 heterocycles. The molecule has 0 spiro atoms. The van der Waals surface area contributed by atoms with E-state index >= 15 is 0 Å². The molecule has 0 N–H and O–H groups in total. The van der Waals surface area contributed by atoms with E-state index in [0.717, 1.165) is 0 Å². The third kappa shape index (κ3) is 1.21. The van der Waals surface area contributed by atoms with Gasteiger partial charge in [-0.15, -0.1) is 0 Å². The first-order valence-corrected chi connectivity index (χ1v) is 6.10. The molecule has 3 aromatic rings. The van der Waals surface area contributed by atoms with Crippen molar-refractivity contribution < 1.29 is 8.83 Å². The molecule has 3 rings (SSSR count). The first kappa shape index (κ1) is 11.5. The molecule has 0 unspecified atom stereocenters. The van der Waals surface area contributed by atoms with Crippen molar-refractivity contribution >= 4 is 53.4 Å². The summed E-state index contributed by atoms with van der Waals surface area (Å²) in [6, 6.07) is 0. The molecule has 1 aromatic carbocycles. The van der Waals surface area contributed by atoms with Gasteiger partial charge < -0.3 is 8.83 Å². The number of hydrogen-bond donors (Lipinski definition) is 0. The van der Waals surface area contributed by atoms with Crippen LogP contribution in [0.15, 0.2) is 37.0 Å². The van der Waals surface area contributed by atoms with Crippen molar-refractivity contribution in [2.24, 2.45) is 0 Å². The normalized spacial score (nSPS) is 11.7. The summed E-state index contributed by atoms with van der Waals surface area (Å²) in [6.45, 7) is 0. The summed E-state index contributed by atoms with van der Waals surface area (Å²) in [4.78, 5) is 46.0. The van der Waals surface area contributed by atoms with Crippen LogP contribution in [0.25, 0.3) is 21.5 Å². The minimum Gasteiger partial charge on any atom is -0.386 e. The summed E-state index contributed by atoms with van der Waals surface area (Å²) in [7, 11) is 0. The predicted octanol–water partition coefficient (Wildman–Crippen LogP) is 1.02. The Balaban J connectivity index is 2.94. The van der Waals surface area contributed by atoms with E-state index in [1.807, 2.05) is 0 Å². The monoisotopic (exact) mass is 374 g/mol. The number of furan rings is 2. The van der Waals surface area contributed by atoms with Crippen molar-refractivity contribution in [2.45, 2.75) is 0 Å². The van der Waals surface area contributed by atoms with Gasteiger partial charge in [0.1, 0.15) is 0 Å². The number of hydrogen-bond acceptors (Lipinski definition) is 6. The molecular formula is C10Br2O6. The Bertz CT molecular complexity index is 857. The number of benzene rings is 1. The third-order valence-corrected chi connectivity index (χ3v) is 4.15. The quantitative estimate of drug-likeness (QED) is 0.582. The lowest BCUT2D eigenvalue weighted by molar-refractivity contribution is 0.498. The second-order valence-electron chi connectivity index (χ2n) is 3.48. The van der Waals surface area contributed by atoms with Gasteiger partial charge in [-0.05, 0) is 31.9 Å². The summed E-state index contributed by atoms with van der Waals surface area (Å²) in [5.41, 5.74) is -3.51. The van der Waals surface area contributed by atoms with Crippen molar-refractivity contribution in [3.8, 4) is 0 Å². The van der Waals surface area contributed by atoms with Crippen LogP contribution in [0.5, 0.6) is 0 Å². The van der Waals surface area contributed by atoms with Crippen LogP contribution in [0.4, 0.5) is 0 Å². The molecule has 0 saturated heterocycles. The number of rotatable bonds is 0. The smallest absolute Gasteiger partial charge is 0.348 e. The highest BCUT2D eigenvalue weighted by Crippen LogP contribution is 2.33. The van der Waals surface area contributed by atoms with Crippen molar-refractivity contribution in [3.05, 3.63) is 50.6 Å². The Kier molecular flexibility index (Phi) is 2.23. The summed E-state index contributed by atoms with van der Waals surface area (Å²) in [5, 5.41) is -0.343. The third-order valence-electron chi connectivity index (χ3n) is 2.57. The van der Waals surface area contributed by atoms with E-state index < -0.39 is 22.5 Å². The number of fused-ring (bicyclic) bond motifs is 2. The van der Waals surface area contributed by atoms with Crippen LogP contribution in [0, 0.1) is 0 Å². The Hall–Kier alpha value is -1.54. The molecule has 8 heteroatoms. The summed E-state index contributed by atoms with van der Waals surface area (Å²) in [5.74, 6) is 0. The standard InChI is InChI=1S/C10Br2O6/c11-5-1-2(8(14)17-7(1)13)6(12)4-3(5)9(15)18-10(4)16. The summed E-state index contributed by atoms with van der Waals surface area (Å²) in [6.07, 6.45) is 0. The molecule has 2 aromatic heterocycles. The minimum atomic E-state index is -0.877. The van der Waals surface area contributed by atoms with Gasteiger partial charge in [0, 0.05) is 8.95 Å². The lowest BCUT2D eigenvalue weighted by Crippen LogP contribution is -1.97. The highest BCUT2D eigenvalue weighted by atomic mass is 79.9. The zero-order valence-corrected chi connectivity index (χ0v) is 11.4. The van der Waals surface area contributed by atoms with E-state index in [1.54, 1.807) is 0 Å². The van der Waals surface area contributed by atoms with Gasteiger partial charge in [-0.25, -0.2) is 19.2 Å². The first-order valence-electron chi connectivity index (χ1n) is 4.51. The van der Waals surface area contributed by atoms with Gasteiger partial charge in [-0.3, -0.25) is 0 Å². The zero-order chi connectivity index (χ0) is 13.2. The van der Waals surface area contributed by atoms with Gasteiger partial charge in [-0.2, -0.15) is 0 Å². The molecule has 0 atom stereocenters. The van der Waals surface area contributed by atoms with Crippen LogP contribution in [0.3, 0.4) is 0 Å². The molecule has 90 valence electrons. The van der Waals surface area contributed by atoms with Crippen LogP contribution >= 0.6 is 31.9 Å². The Morgan fingerprint density at radius 1 is 0.556 bits per heavy atom. The second-order valence-corrected chi connectivity index (χ2v) is 5.07. The van der Waals surface area contributed by atoms with E-state index in [9.17, 15) is 19.2 Å². The Labute approximate surface area is 113 Å². The van der Waals surface area contributed by atoms with Gasteiger partial charge >= 0.3 is 22.5 Å². The highest BCUT2D eigenvalue weighted by Gasteiger charge is 2.25. The molecule has 0 fully saturated rings. The molecule has 0 aliphatic rings. The SMILES string of the molecule is O=c1oc(=O)c2c(Br)c3c(=O)oc(=O)c3c(Br)c12. The van der Waals surface area contributed by atoms with E-state index in [2.05, 4.69) is 40.7 Å². The number of halogens is 2. The van der Waals surface area contributed by atoms with Gasteiger partial charge in [0.05, 0.1) is 21.5 Å².